The fraction of sp³-hybridized carbons (Fsp3) is 0.381. The van der Waals surface area contributed by atoms with E-state index in [2.05, 4.69) is 22.3 Å². The number of anilines is 2. The number of hydrogen-bond acceptors (Lipinski definition) is 3. The van der Waals surface area contributed by atoms with Crippen LogP contribution in [-0.4, -0.2) is 37.5 Å². The van der Waals surface area contributed by atoms with Crippen molar-refractivity contribution in [2.24, 2.45) is 0 Å². The molecular weight excluding hydrogens is 348 g/mol. The van der Waals surface area contributed by atoms with Crippen LogP contribution in [0.1, 0.15) is 24.8 Å². The van der Waals surface area contributed by atoms with Crippen LogP contribution in [0.25, 0.3) is 0 Å². The van der Waals surface area contributed by atoms with Crippen LogP contribution < -0.4 is 10.2 Å². The number of para-hydroxylation sites is 1. The largest absolute Gasteiger partial charge is 0.371 e. The average molecular weight is 373 g/mol. The van der Waals surface area contributed by atoms with Crippen molar-refractivity contribution < 1.29 is 13.6 Å². The first-order valence-corrected chi connectivity index (χ1v) is 9.29. The summed E-state index contributed by atoms with van der Waals surface area (Å²) in [6.07, 6.45) is 3.70. The van der Waals surface area contributed by atoms with Crippen molar-refractivity contribution in [1.82, 2.24) is 4.90 Å². The van der Waals surface area contributed by atoms with Gasteiger partial charge in [-0.15, -0.1) is 0 Å². The molecular formula is C21H25F2N3O. The maximum absolute atomic E-state index is 13.3. The molecule has 2 aromatic rings. The summed E-state index contributed by atoms with van der Waals surface area (Å²) >= 11 is 0. The summed E-state index contributed by atoms with van der Waals surface area (Å²) in [4.78, 5) is 16.5. The lowest BCUT2D eigenvalue weighted by molar-refractivity contribution is -0.117. The van der Waals surface area contributed by atoms with Crippen LogP contribution in [0.2, 0.25) is 0 Å². The van der Waals surface area contributed by atoms with Gasteiger partial charge < -0.3 is 10.2 Å². The quantitative estimate of drug-likeness (QED) is 0.831. The van der Waals surface area contributed by atoms with Crippen LogP contribution in [0, 0.1) is 11.6 Å². The minimum atomic E-state index is -0.975. The third-order valence-electron chi connectivity index (χ3n) is 4.75. The summed E-state index contributed by atoms with van der Waals surface area (Å²) in [5, 5.41) is 2.61. The van der Waals surface area contributed by atoms with Gasteiger partial charge in [-0.2, -0.15) is 0 Å². The monoisotopic (exact) mass is 373 g/mol. The molecule has 1 fully saturated rings. The molecule has 4 nitrogen and oxygen atoms in total. The van der Waals surface area contributed by atoms with E-state index in [1.54, 1.807) is 0 Å². The number of nitrogens with zero attached hydrogens (tertiary/aromatic N) is 2. The molecule has 1 amide bonds. The van der Waals surface area contributed by atoms with Gasteiger partial charge in [0.1, 0.15) is 0 Å². The Balaban J connectivity index is 1.59. The lowest BCUT2D eigenvalue weighted by Gasteiger charge is -2.31. The predicted molar refractivity (Wildman–Crippen MR) is 104 cm³/mol. The molecule has 2 aromatic carbocycles. The van der Waals surface area contributed by atoms with Crippen molar-refractivity contribution in [3.63, 3.8) is 0 Å². The maximum Gasteiger partial charge on any atom is 0.238 e. The number of halogens is 2. The van der Waals surface area contributed by atoms with E-state index in [9.17, 15) is 13.6 Å². The second-order valence-corrected chi connectivity index (χ2v) is 7.03. The standard InChI is InChI=1S/C21H25F2N3O/c1-25(15-21(27)24-17-9-10-18(22)19(23)13-17)14-16-7-3-4-8-20(16)26-11-5-2-6-12-26/h3-4,7-10,13H,2,5-6,11-12,14-15H2,1H3,(H,24,27). The van der Waals surface area contributed by atoms with Gasteiger partial charge in [0.15, 0.2) is 11.6 Å². The van der Waals surface area contributed by atoms with E-state index in [1.807, 2.05) is 24.1 Å². The number of carbonyl (C=O) groups excluding carboxylic acids is 1. The van der Waals surface area contributed by atoms with E-state index in [0.717, 1.165) is 25.2 Å². The van der Waals surface area contributed by atoms with Gasteiger partial charge in [0.25, 0.3) is 0 Å². The van der Waals surface area contributed by atoms with Crippen molar-refractivity contribution in [3.8, 4) is 0 Å². The van der Waals surface area contributed by atoms with E-state index in [1.165, 1.54) is 36.6 Å². The van der Waals surface area contributed by atoms with Crippen LogP contribution in [0.3, 0.4) is 0 Å². The number of carbonyl (C=O) groups is 1. The number of amides is 1. The number of nitrogens with one attached hydrogen (secondary N) is 1. The second-order valence-electron chi connectivity index (χ2n) is 7.03. The molecule has 0 aliphatic carbocycles. The zero-order valence-electron chi connectivity index (χ0n) is 15.5. The van der Waals surface area contributed by atoms with Gasteiger partial charge in [-0.25, -0.2) is 8.78 Å². The van der Waals surface area contributed by atoms with Crippen LogP contribution in [0.4, 0.5) is 20.2 Å². The average Bonchev–Trinajstić information content (AvgIpc) is 2.66. The van der Waals surface area contributed by atoms with Crippen LogP contribution in [-0.2, 0) is 11.3 Å². The lowest BCUT2D eigenvalue weighted by Crippen LogP contribution is -2.33. The normalized spacial score (nSPS) is 14.4. The molecule has 1 heterocycles. The Labute approximate surface area is 158 Å². The Morgan fingerprint density at radius 2 is 1.81 bits per heavy atom. The SMILES string of the molecule is CN(CC(=O)Nc1ccc(F)c(F)c1)Cc1ccccc1N1CCCCC1. The highest BCUT2D eigenvalue weighted by atomic mass is 19.2. The summed E-state index contributed by atoms with van der Waals surface area (Å²) in [5.41, 5.74) is 2.66. The molecule has 0 atom stereocenters. The van der Waals surface area contributed by atoms with E-state index in [0.29, 0.717) is 6.54 Å². The molecule has 0 unspecified atom stereocenters. The van der Waals surface area contributed by atoms with Crippen molar-refractivity contribution in [2.75, 3.05) is 36.9 Å². The molecule has 0 spiro atoms. The minimum Gasteiger partial charge on any atom is -0.371 e. The molecule has 1 aliphatic heterocycles. The summed E-state index contributed by atoms with van der Waals surface area (Å²) in [6, 6.07) is 11.6. The number of rotatable bonds is 6. The van der Waals surface area contributed by atoms with Gasteiger partial charge in [-0.05, 0) is 50.1 Å². The Morgan fingerprint density at radius 1 is 1.07 bits per heavy atom. The van der Waals surface area contributed by atoms with E-state index < -0.39 is 11.6 Å². The molecule has 0 aromatic heterocycles. The highest BCUT2D eigenvalue weighted by molar-refractivity contribution is 5.92. The van der Waals surface area contributed by atoms with Gasteiger partial charge in [0.2, 0.25) is 5.91 Å². The molecule has 0 bridgehead atoms. The predicted octanol–water partition coefficient (Wildman–Crippen LogP) is 4.03. The van der Waals surface area contributed by atoms with Crippen molar-refractivity contribution >= 4 is 17.3 Å². The molecule has 6 heteroatoms. The van der Waals surface area contributed by atoms with Gasteiger partial charge in [0.05, 0.1) is 6.54 Å². The smallest absolute Gasteiger partial charge is 0.238 e. The first kappa shape index (κ1) is 19.3. The maximum atomic E-state index is 13.3. The fourth-order valence-corrected chi connectivity index (χ4v) is 3.45. The first-order valence-electron chi connectivity index (χ1n) is 9.29. The van der Waals surface area contributed by atoms with Crippen molar-refractivity contribution in [3.05, 3.63) is 59.7 Å². The fourth-order valence-electron chi connectivity index (χ4n) is 3.45. The first-order chi connectivity index (χ1) is 13.0. The number of benzene rings is 2. The van der Waals surface area contributed by atoms with Crippen LogP contribution in [0.15, 0.2) is 42.5 Å². The van der Waals surface area contributed by atoms with E-state index >= 15 is 0 Å². The minimum absolute atomic E-state index is 0.160. The topological polar surface area (TPSA) is 35.6 Å². The zero-order chi connectivity index (χ0) is 19.2. The summed E-state index contributed by atoms with van der Waals surface area (Å²) in [5.74, 6) is -2.17. The zero-order valence-corrected chi connectivity index (χ0v) is 15.5. The third kappa shape index (κ3) is 5.26. The molecule has 0 saturated carbocycles. The van der Waals surface area contributed by atoms with Gasteiger partial charge in [0, 0.05) is 37.1 Å². The lowest BCUT2D eigenvalue weighted by atomic mass is 10.1. The molecule has 27 heavy (non-hydrogen) atoms. The van der Waals surface area contributed by atoms with Crippen molar-refractivity contribution in [1.29, 1.82) is 0 Å². The molecule has 1 N–H and O–H groups in total. The summed E-state index contributed by atoms with van der Waals surface area (Å²) in [6.45, 7) is 2.93. The number of piperidine rings is 1. The van der Waals surface area contributed by atoms with Gasteiger partial charge in [-0.1, -0.05) is 18.2 Å². The van der Waals surface area contributed by atoms with Crippen LogP contribution >= 0.6 is 0 Å². The summed E-state index contributed by atoms with van der Waals surface area (Å²) < 4.78 is 26.2. The van der Waals surface area contributed by atoms with Crippen molar-refractivity contribution in [2.45, 2.75) is 25.8 Å². The Hall–Kier alpha value is -2.47. The van der Waals surface area contributed by atoms with E-state index in [4.69, 9.17) is 0 Å². The molecule has 1 aliphatic rings. The number of hydrogen-bond donors (Lipinski definition) is 1. The Morgan fingerprint density at radius 3 is 2.56 bits per heavy atom. The Kier molecular flexibility index (Phi) is 6.40. The van der Waals surface area contributed by atoms with Gasteiger partial charge in [-0.3, -0.25) is 9.69 Å². The van der Waals surface area contributed by atoms with Crippen LogP contribution in [0.5, 0.6) is 0 Å². The number of likely N-dealkylation sites (N-methyl/N-ethyl adjacent to an activating group) is 1. The molecule has 1 saturated heterocycles. The highest BCUT2D eigenvalue weighted by Crippen LogP contribution is 2.25. The molecule has 0 radical (unpaired) electrons. The second kappa shape index (κ2) is 8.95. The third-order valence-corrected chi connectivity index (χ3v) is 4.75. The highest BCUT2D eigenvalue weighted by Gasteiger charge is 2.16. The molecule has 144 valence electrons. The molecule has 3 rings (SSSR count). The van der Waals surface area contributed by atoms with E-state index in [-0.39, 0.29) is 18.1 Å². The van der Waals surface area contributed by atoms with Gasteiger partial charge >= 0.3 is 0 Å². The Bertz CT molecular complexity index is 791. The summed E-state index contributed by atoms with van der Waals surface area (Å²) in [7, 11) is 1.87.